The molecule has 1 N–H and O–H groups in total. The maximum absolute atomic E-state index is 11.6. The Hall–Kier alpha value is -2.42. The Bertz CT molecular complexity index is 637. The van der Waals surface area contributed by atoms with E-state index in [0.29, 0.717) is 11.1 Å². The summed E-state index contributed by atoms with van der Waals surface area (Å²) < 4.78 is 0. The molecule has 3 nitrogen and oxygen atoms in total. The highest BCUT2D eigenvalue weighted by Gasteiger charge is 2.05. The van der Waals surface area contributed by atoms with E-state index in [1.807, 2.05) is 24.3 Å². The third-order valence-corrected chi connectivity index (χ3v) is 3.76. The van der Waals surface area contributed by atoms with Crippen LogP contribution in [0.25, 0.3) is 0 Å². The molecule has 1 aromatic carbocycles. The summed E-state index contributed by atoms with van der Waals surface area (Å²) in [4.78, 5) is 23.0. The number of hydrogen-bond donors (Lipinski definition) is 1. The zero-order valence-electron chi connectivity index (χ0n) is 14.3. The van der Waals surface area contributed by atoms with Gasteiger partial charge in [0.2, 0.25) is 5.91 Å². The first-order valence-electron chi connectivity index (χ1n) is 7.81. The van der Waals surface area contributed by atoms with E-state index in [4.69, 9.17) is 0 Å². The number of benzene rings is 1. The van der Waals surface area contributed by atoms with Crippen LogP contribution in [0.5, 0.6) is 0 Å². The molecule has 0 bridgehead atoms. The maximum Gasteiger partial charge on any atom is 0.246 e. The van der Waals surface area contributed by atoms with Crippen molar-refractivity contribution in [1.29, 1.82) is 0 Å². The molecule has 23 heavy (non-hydrogen) atoms. The molecule has 0 aliphatic heterocycles. The Kier molecular flexibility index (Phi) is 7.75. The van der Waals surface area contributed by atoms with Gasteiger partial charge in [-0.05, 0) is 50.0 Å². The quantitative estimate of drug-likeness (QED) is 0.473. The summed E-state index contributed by atoms with van der Waals surface area (Å²) in [5.74, 6) is -0.182. The summed E-state index contributed by atoms with van der Waals surface area (Å²) in [6, 6.07) is 10.1. The molecule has 0 atom stereocenters. The molecule has 0 heterocycles. The number of likely N-dealkylation sites (N-methyl/N-ethyl adjacent to an activating group) is 1. The van der Waals surface area contributed by atoms with Gasteiger partial charge in [0.1, 0.15) is 6.29 Å². The van der Waals surface area contributed by atoms with Gasteiger partial charge in [0.25, 0.3) is 0 Å². The second-order valence-corrected chi connectivity index (χ2v) is 5.49. The van der Waals surface area contributed by atoms with E-state index in [1.54, 1.807) is 20.0 Å². The number of aldehydes is 1. The van der Waals surface area contributed by atoms with Crippen LogP contribution in [0.3, 0.4) is 0 Å². The van der Waals surface area contributed by atoms with Crippen LogP contribution in [-0.4, -0.2) is 19.2 Å². The van der Waals surface area contributed by atoms with Crippen molar-refractivity contribution in [2.24, 2.45) is 0 Å². The summed E-state index contributed by atoms with van der Waals surface area (Å²) in [5, 5.41) is 2.56. The van der Waals surface area contributed by atoms with E-state index in [9.17, 15) is 9.59 Å². The van der Waals surface area contributed by atoms with Crippen LogP contribution in [0, 0.1) is 0 Å². The Balaban J connectivity index is 3.16. The molecule has 0 saturated heterocycles. The Morgan fingerprint density at radius 1 is 1.13 bits per heavy atom. The summed E-state index contributed by atoms with van der Waals surface area (Å²) in [6.07, 6.45) is 5.99. The number of amides is 1. The highest BCUT2D eigenvalue weighted by molar-refractivity contribution is 5.95. The maximum atomic E-state index is 11.6. The van der Waals surface area contributed by atoms with Gasteiger partial charge in [-0.1, -0.05) is 42.8 Å². The molecule has 3 heteroatoms. The molecule has 0 unspecified atom stereocenters. The fourth-order valence-corrected chi connectivity index (χ4v) is 2.19. The number of carbonyl (C=O) groups excluding carboxylic acids is 2. The monoisotopic (exact) mass is 311 g/mol. The highest BCUT2D eigenvalue weighted by Crippen LogP contribution is 2.18. The molecule has 0 aromatic heterocycles. The molecular weight excluding hydrogens is 286 g/mol. The predicted octanol–water partition coefficient (Wildman–Crippen LogP) is 3.77. The summed E-state index contributed by atoms with van der Waals surface area (Å²) in [6.45, 7) is 5.87. The molecule has 122 valence electrons. The molecular formula is C20H25NO2. The summed E-state index contributed by atoms with van der Waals surface area (Å²) in [7, 11) is 1.58. The van der Waals surface area contributed by atoms with Gasteiger partial charge in [-0.15, -0.1) is 0 Å². The van der Waals surface area contributed by atoms with Gasteiger partial charge < -0.3 is 5.32 Å². The standard InChI is InChI=1S/C20H25NO2/c1-5-15(2)19(12-17-9-7-6-8-10-17)13-18(14-22)11-16(3)20(23)21-4/h6-11,13-14H,5,12H2,1-4H3,(H,21,23)/b16-11+,18-13+,19-15+. The second-order valence-electron chi connectivity index (χ2n) is 5.49. The van der Waals surface area contributed by atoms with Crippen molar-refractivity contribution in [2.75, 3.05) is 7.05 Å². The first kappa shape index (κ1) is 18.6. The van der Waals surface area contributed by atoms with E-state index >= 15 is 0 Å². The lowest BCUT2D eigenvalue weighted by molar-refractivity contribution is -0.117. The molecule has 1 rings (SSSR count). The number of nitrogens with one attached hydrogen (secondary N) is 1. The van der Waals surface area contributed by atoms with Gasteiger partial charge in [0.15, 0.2) is 0 Å². The Morgan fingerprint density at radius 2 is 1.78 bits per heavy atom. The van der Waals surface area contributed by atoms with Crippen molar-refractivity contribution in [1.82, 2.24) is 5.32 Å². The van der Waals surface area contributed by atoms with Gasteiger partial charge in [0, 0.05) is 18.2 Å². The van der Waals surface area contributed by atoms with Crippen LogP contribution in [0.4, 0.5) is 0 Å². The average molecular weight is 311 g/mol. The summed E-state index contributed by atoms with van der Waals surface area (Å²) in [5.41, 5.74) is 4.56. The largest absolute Gasteiger partial charge is 0.355 e. The molecule has 0 fully saturated rings. The third kappa shape index (κ3) is 6.07. The minimum absolute atomic E-state index is 0.182. The van der Waals surface area contributed by atoms with Crippen molar-refractivity contribution in [3.63, 3.8) is 0 Å². The van der Waals surface area contributed by atoms with Crippen molar-refractivity contribution in [2.45, 2.75) is 33.6 Å². The van der Waals surface area contributed by atoms with Crippen molar-refractivity contribution >= 4 is 12.2 Å². The van der Waals surface area contributed by atoms with E-state index in [0.717, 1.165) is 24.7 Å². The van der Waals surface area contributed by atoms with Crippen LogP contribution in [-0.2, 0) is 16.0 Å². The van der Waals surface area contributed by atoms with E-state index < -0.39 is 0 Å². The number of allylic oxidation sites excluding steroid dienone is 5. The third-order valence-electron chi connectivity index (χ3n) is 3.76. The topological polar surface area (TPSA) is 46.2 Å². The van der Waals surface area contributed by atoms with Crippen LogP contribution in [0.1, 0.15) is 32.8 Å². The van der Waals surface area contributed by atoms with Crippen molar-refractivity contribution in [3.8, 4) is 0 Å². The lowest BCUT2D eigenvalue weighted by Crippen LogP contribution is -2.18. The first-order valence-corrected chi connectivity index (χ1v) is 7.81. The molecule has 1 amide bonds. The smallest absolute Gasteiger partial charge is 0.246 e. The van der Waals surface area contributed by atoms with E-state index in [1.165, 1.54) is 11.1 Å². The lowest BCUT2D eigenvalue weighted by Gasteiger charge is -2.09. The fourth-order valence-electron chi connectivity index (χ4n) is 2.19. The zero-order valence-corrected chi connectivity index (χ0v) is 14.3. The van der Waals surface area contributed by atoms with Gasteiger partial charge in [0.05, 0.1) is 0 Å². The van der Waals surface area contributed by atoms with Crippen molar-refractivity contribution < 1.29 is 9.59 Å². The van der Waals surface area contributed by atoms with Gasteiger partial charge in [-0.25, -0.2) is 0 Å². The second kappa shape index (κ2) is 9.57. The minimum atomic E-state index is -0.182. The molecule has 0 radical (unpaired) electrons. The molecule has 1 aromatic rings. The van der Waals surface area contributed by atoms with E-state index in [-0.39, 0.29) is 5.91 Å². The first-order chi connectivity index (χ1) is 11.0. The van der Waals surface area contributed by atoms with Gasteiger partial charge >= 0.3 is 0 Å². The number of carbonyl (C=O) groups is 2. The van der Waals surface area contributed by atoms with Crippen LogP contribution in [0.2, 0.25) is 0 Å². The molecule has 0 spiro atoms. The van der Waals surface area contributed by atoms with E-state index in [2.05, 4.69) is 31.3 Å². The van der Waals surface area contributed by atoms with Crippen LogP contribution >= 0.6 is 0 Å². The Morgan fingerprint density at radius 3 is 2.30 bits per heavy atom. The lowest BCUT2D eigenvalue weighted by atomic mass is 9.97. The van der Waals surface area contributed by atoms with Crippen LogP contribution < -0.4 is 5.32 Å². The van der Waals surface area contributed by atoms with Gasteiger partial charge in [-0.2, -0.15) is 0 Å². The molecule has 0 aliphatic carbocycles. The van der Waals surface area contributed by atoms with Crippen molar-refractivity contribution in [3.05, 3.63) is 70.3 Å². The normalized spacial score (nSPS) is 13.4. The zero-order chi connectivity index (χ0) is 17.2. The van der Waals surface area contributed by atoms with Crippen LogP contribution in [0.15, 0.2) is 64.8 Å². The SMILES string of the molecule is CC/C(C)=C(/C=C(C=O)\C=C(/C)C(=O)NC)Cc1ccccc1. The molecule has 0 saturated carbocycles. The fraction of sp³-hybridized carbons (Fsp3) is 0.300. The number of hydrogen-bond acceptors (Lipinski definition) is 2. The van der Waals surface area contributed by atoms with Gasteiger partial charge in [-0.3, -0.25) is 9.59 Å². The number of rotatable bonds is 7. The Labute approximate surface area is 138 Å². The highest BCUT2D eigenvalue weighted by atomic mass is 16.1. The predicted molar refractivity (Wildman–Crippen MR) is 95.1 cm³/mol. The average Bonchev–Trinajstić information content (AvgIpc) is 2.59. The summed E-state index contributed by atoms with van der Waals surface area (Å²) >= 11 is 0. The minimum Gasteiger partial charge on any atom is -0.355 e. The molecule has 0 aliphatic rings.